The Labute approximate surface area is 194 Å². The largest absolute Gasteiger partial charge is 0.497 e. The van der Waals surface area contributed by atoms with E-state index < -0.39 is 5.82 Å². The van der Waals surface area contributed by atoms with Crippen molar-refractivity contribution in [2.24, 2.45) is 7.05 Å². The van der Waals surface area contributed by atoms with Gasteiger partial charge in [-0.25, -0.2) is 14.4 Å². The molecule has 0 saturated carbocycles. The van der Waals surface area contributed by atoms with Crippen molar-refractivity contribution in [1.82, 2.24) is 14.5 Å². The molecule has 8 nitrogen and oxygen atoms in total. The number of pyridine rings is 1. The van der Waals surface area contributed by atoms with Crippen LogP contribution in [0.3, 0.4) is 0 Å². The molecule has 4 aromatic rings. The minimum atomic E-state index is -0.650. The van der Waals surface area contributed by atoms with Gasteiger partial charge in [-0.15, -0.1) is 0 Å². The predicted octanol–water partition coefficient (Wildman–Crippen LogP) is 5.01. The molecule has 0 aliphatic carbocycles. The molecule has 2 aromatic heterocycles. The smallest absolute Gasteiger partial charge is 0.156 e. The zero-order valence-corrected chi connectivity index (χ0v) is 18.9. The first-order valence-electron chi connectivity index (χ1n) is 9.86. The molecule has 0 saturated heterocycles. The zero-order valence-electron chi connectivity index (χ0n) is 18.1. The second-order valence-electron chi connectivity index (χ2n) is 7.16. The van der Waals surface area contributed by atoms with E-state index in [0.29, 0.717) is 35.2 Å². The first-order valence-corrected chi connectivity index (χ1v) is 10.2. The van der Waals surface area contributed by atoms with Crippen molar-refractivity contribution in [3.05, 3.63) is 64.7 Å². The van der Waals surface area contributed by atoms with E-state index in [-0.39, 0.29) is 16.3 Å². The second-order valence-corrected chi connectivity index (χ2v) is 7.57. The summed E-state index contributed by atoms with van der Waals surface area (Å²) in [7, 11) is 5.04. The highest BCUT2D eigenvalue weighted by Gasteiger charge is 2.15. The Balaban J connectivity index is 1.68. The highest BCUT2D eigenvalue weighted by Crippen LogP contribution is 2.32. The maximum Gasteiger partial charge on any atom is 0.156 e. The Hall–Kier alpha value is -4.03. The topological polar surface area (TPSA) is 97.0 Å². The molecule has 0 atom stereocenters. The van der Waals surface area contributed by atoms with Crippen molar-refractivity contribution in [3.8, 4) is 17.6 Å². The number of hydrogen-bond donors (Lipinski definition) is 2. The van der Waals surface area contributed by atoms with E-state index in [9.17, 15) is 4.39 Å². The third-order valence-electron chi connectivity index (χ3n) is 5.08. The van der Waals surface area contributed by atoms with Gasteiger partial charge in [-0.3, -0.25) is 0 Å². The molecule has 0 bridgehead atoms. The van der Waals surface area contributed by atoms with Crippen LogP contribution in [0.4, 0.5) is 21.7 Å². The summed E-state index contributed by atoms with van der Waals surface area (Å²) in [5, 5.41) is 15.3. The molecule has 2 N–H and O–H groups in total. The number of fused-ring (bicyclic) bond motifs is 1. The molecule has 0 unspecified atom stereocenters. The van der Waals surface area contributed by atoms with Crippen LogP contribution in [0, 0.1) is 17.1 Å². The summed E-state index contributed by atoms with van der Waals surface area (Å²) in [6.45, 7) is 0.404. The molecule has 33 heavy (non-hydrogen) atoms. The summed E-state index contributed by atoms with van der Waals surface area (Å²) in [4.78, 5) is 9.01. The number of benzene rings is 2. The fourth-order valence-corrected chi connectivity index (χ4v) is 3.63. The number of methoxy groups -OCH3 is 2. The Morgan fingerprint density at radius 2 is 2.00 bits per heavy atom. The molecular formula is C23H20ClFN6O2. The maximum absolute atomic E-state index is 14.5. The highest BCUT2D eigenvalue weighted by molar-refractivity contribution is 6.33. The fourth-order valence-electron chi connectivity index (χ4n) is 3.38. The maximum atomic E-state index is 14.5. The van der Waals surface area contributed by atoms with Crippen LogP contribution in [0.2, 0.25) is 5.02 Å². The van der Waals surface area contributed by atoms with Crippen molar-refractivity contribution < 1.29 is 13.9 Å². The van der Waals surface area contributed by atoms with Crippen molar-refractivity contribution in [2.45, 2.75) is 6.54 Å². The van der Waals surface area contributed by atoms with Gasteiger partial charge in [0.25, 0.3) is 0 Å². The molecular weight excluding hydrogens is 447 g/mol. The third kappa shape index (κ3) is 4.47. The number of anilines is 3. The van der Waals surface area contributed by atoms with E-state index in [1.807, 2.05) is 29.8 Å². The molecule has 0 radical (unpaired) electrons. The number of imidazole rings is 1. The fraction of sp³-hybridized carbons (Fsp3) is 0.174. The molecule has 168 valence electrons. The molecule has 0 fully saturated rings. The normalized spacial score (nSPS) is 10.7. The van der Waals surface area contributed by atoms with Gasteiger partial charge in [0.15, 0.2) is 5.82 Å². The average molecular weight is 467 g/mol. The monoisotopic (exact) mass is 466 g/mol. The molecule has 2 aromatic carbocycles. The summed E-state index contributed by atoms with van der Waals surface area (Å²) in [6.07, 6.45) is 1.67. The average Bonchev–Trinajstić information content (AvgIpc) is 3.20. The van der Waals surface area contributed by atoms with E-state index in [4.69, 9.17) is 26.3 Å². The Bertz CT molecular complexity index is 1360. The Morgan fingerprint density at radius 3 is 2.70 bits per heavy atom. The number of rotatable bonds is 7. The Kier molecular flexibility index (Phi) is 6.20. The number of halogens is 2. The lowest BCUT2D eigenvalue weighted by atomic mass is 10.2. The van der Waals surface area contributed by atoms with Gasteiger partial charge in [-0.05, 0) is 24.3 Å². The van der Waals surface area contributed by atoms with E-state index >= 15 is 0 Å². The van der Waals surface area contributed by atoms with Crippen molar-refractivity contribution in [1.29, 1.82) is 5.26 Å². The summed E-state index contributed by atoms with van der Waals surface area (Å²) in [6, 6.07) is 11.7. The van der Waals surface area contributed by atoms with Gasteiger partial charge in [0.05, 0.1) is 48.4 Å². The van der Waals surface area contributed by atoms with Crippen LogP contribution in [0.15, 0.2) is 42.7 Å². The molecule has 0 spiro atoms. The first-order chi connectivity index (χ1) is 15.9. The summed E-state index contributed by atoms with van der Waals surface area (Å²) < 4.78 is 27.1. The van der Waals surface area contributed by atoms with Gasteiger partial charge in [-0.1, -0.05) is 11.6 Å². The van der Waals surface area contributed by atoms with Crippen LogP contribution in [-0.4, -0.2) is 28.8 Å². The van der Waals surface area contributed by atoms with Crippen LogP contribution in [-0.2, 0) is 13.6 Å². The second kappa shape index (κ2) is 9.22. The van der Waals surface area contributed by atoms with Gasteiger partial charge in [0, 0.05) is 31.3 Å². The lowest BCUT2D eigenvalue weighted by molar-refractivity contribution is 0.391. The van der Waals surface area contributed by atoms with Crippen LogP contribution in [0.25, 0.3) is 11.0 Å². The number of ether oxygens (including phenoxy) is 2. The van der Waals surface area contributed by atoms with Crippen molar-refractivity contribution in [2.75, 3.05) is 24.9 Å². The van der Waals surface area contributed by atoms with Gasteiger partial charge in [0.1, 0.15) is 28.7 Å². The van der Waals surface area contributed by atoms with E-state index in [1.165, 1.54) is 6.07 Å². The van der Waals surface area contributed by atoms with Crippen LogP contribution >= 0.6 is 11.6 Å². The number of aromatic nitrogens is 3. The summed E-state index contributed by atoms with van der Waals surface area (Å²) in [5.41, 5.74) is 2.49. The summed E-state index contributed by atoms with van der Waals surface area (Å²) >= 11 is 6.19. The Morgan fingerprint density at radius 1 is 1.18 bits per heavy atom. The van der Waals surface area contributed by atoms with Crippen LogP contribution in [0.1, 0.15) is 11.1 Å². The number of nitrogens with one attached hydrogen (secondary N) is 2. The quantitative estimate of drug-likeness (QED) is 0.395. The SMILES string of the molecule is COc1ccc(CNc2nc(Nc3c(F)cc(C#N)cc3Cl)cc3c2ncn3C)c(OC)c1. The molecule has 2 heterocycles. The van der Waals surface area contributed by atoms with E-state index in [0.717, 1.165) is 17.1 Å². The standard InChI is InChI=1S/C23H20ClFN6O2/c1-31-12-28-22-18(31)9-20(29-21-16(24)6-13(10-26)7-17(21)25)30-23(22)27-11-14-4-5-15(32-2)8-19(14)33-3/h4-9,12H,11H2,1-3H3,(H2,27,29,30). The third-order valence-corrected chi connectivity index (χ3v) is 5.38. The molecule has 4 rings (SSSR count). The highest BCUT2D eigenvalue weighted by atomic mass is 35.5. The van der Waals surface area contributed by atoms with E-state index in [2.05, 4.69) is 20.6 Å². The van der Waals surface area contributed by atoms with Gasteiger partial charge in [0.2, 0.25) is 0 Å². The van der Waals surface area contributed by atoms with Gasteiger partial charge < -0.3 is 24.7 Å². The van der Waals surface area contributed by atoms with Crippen LogP contribution < -0.4 is 20.1 Å². The number of aryl methyl sites for hydroxylation is 1. The molecule has 0 amide bonds. The van der Waals surface area contributed by atoms with Gasteiger partial charge in [-0.2, -0.15) is 5.26 Å². The van der Waals surface area contributed by atoms with Gasteiger partial charge >= 0.3 is 0 Å². The van der Waals surface area contributed by atoms with Crippen molar-refractivity contribution >= 4 is 40.0 Å². The predicted molar refractivity (Wildman–Crippen MR) is 125 cm³/mol. The summed E-state index contributed by atoms with van der Waals surface area (Å²) in [5.74, 6) is 1.57. The number of nitriles is 1. The number of nitrogens with zero attached hydrogens (tertiary/aromatic N) is 4. The lowest BCUT2D eigenvalue weighted by Gasteiger charge is -2.14. The van der Waals surface area contributed by atoms with Crippen LogP contribution in [0.5, 0.6) is 11.5 Å². The molecule has 0 aliphatic heterocycles. The lowest BCUT2D eigenvalue weighted by Crippen LogP contribution is -2.06. The minimum absolute atomic E-state index is 0.0347. The number of hydrogen-bond acceptors (Lipinski definition) is 7. The van der Waals surface area contributed by atoms with Crippen molar-refractivity contribution in [3.63, 3.8) is 0 Å². The van der Waals surface area contributed by atoms with E-state index in [1.54, 1.807) is 32.7 Å². The molecule has 10 heteroatoms. The zero-order chi connectivity index (χ0) is 23.5. The first kappa shape index (κ1) is 22.2. The molecule has 0 aliphatic rings. The minimum Gasteiger partial charge on any atom is -0.497 e.